The lowest BCUT2D eigenvalue weighted by atomic mass is 10.2. The van der Waals surface area contributed by atoms with Gasteiger partial charge in [-0.15, -0.1) is 0 Å². The van der Waals surface area contributed by atoms with E-state index in [1.165, 1.54) is 6.33 Å². The van der Waals surface area contributed by atoms with Gasteiger partial charge in [0.1, 0.15) is 12.1 Å². The van der Waals surface area contributed by atoms with E-state index in [-0.39, 0.29) is 12.1 Å². The molecule has 0 unspecified atom stereocenters. The molecular weight excluding hydrogens is 246 g/mol. The van der Waals surface area contributed by atoms with E-state index < -0.39 is 0 Å². The molecule has 1 fully saturated rings. The average molecular weight is 258 g/mol. The molecule has 0 aliphatic heterocycles. The molecule has 2 N–H and O–H groups in total. The molecule has 1 aromatic rings. The topological polar surface area (TPSA) is 58.0 Å². The number of rotatable bonds is 4. The summed E-state index contributed by atoms with van der Waals surface area (Å²) in [6.45, 7) is 0.218. The van der Waals surface area contributed by atoms with E-state index >= 15 is 0 Å². The molecule has 0 radical (unpaired) electrons. The number of aliphatic hydroxyl groups excluding tert-OH is 1. The lowest BCUT2D eigenvalue weighted by Crippen LogP contribution is -2.23. The third kappa shape index (κ3) is 2.04. The Labute approximate surface area is 90.9 Å². The normalized spacial score (nSPS) is 17.9. The molecule has 14 heavy (non-hydrogen) atoms. The van der Waals surface area contributed by atoms with Crippen LogP contribution in [0.25, 0.3) is 0 Å². The highest BCUT2D eigenvalue weighted by Gasteiger charge is 2.42. The van der Waals surface area contributed by atoms with Gasteiger partial charge in [0.2, 0.25) is 0 Å². The van der Waals surface area contributed by atoms with Crippen molar-refractivity contribution < 1.29 is 5.11 Å². The Bertz CT molecular complexity index is 328. The second-order valence-electron chi connectivity index (χ2n) is 3.60. The van der Waals surface area contributed by atoms with Crippen molar-refractivity contribution in [1.82, 2.24) is 9.97 Å². The molecule has 0 atom stereocenters. The molecule has 76 valence electrons. The van der Waals surface area contributed by atoms with Crippen molar-refractivity contribution in [2.45, 2.75) is 24.8 Å². The summed E-state index contributed by atoms with van der Waals surface area (Å²) in [5, 5.41) is 12.2. The lowest BCUT2D eigenvalue weighted by Gasteiger charge is -2.17. The van der Waals surface area contributed by atoms with Crippen molar-refractivity contribution in [3.8, 4) is 0 Å². The van der Waals surface area contributed by atoms with Crippen molar-refractivity contribution in [2.24, 2.45) is 0 Å². The summed E-state index contributed by atoms with van der Waals surface area (Å²) in [4.78, 5) is 8.03. The Morgan fingerprint density at radius 2 is 2.36 bits per heavy atom. The Hall–Kier alpha value is -0.680. The van der Waals surface area contributed by atoms with Crippen LogP contribution in [0.4, 0.5) is 5.82 Å². The van der Waals surface area contributed by atoms with Gasteiger partial charge in [0.05, 0.1) is 4.47 Å². The van der Waals surface area contributed by atoms with Crippen LogP contribution in [0.5, 0.6) is 0 Å². The molecule has 0 aromatic carbocycles. The highest BCUT2D eigenvalue weighted by Crippen LogP contribution is 2.42. The quantitative estimate of drug-likeness (QED) is 0.860. The fraction of sp³-hybridized carbons (Fsp3) is 0.556. The Morgan fingerprint density at radius 1 is 1.57 bits per heavy atom. The Morgan fingerprint density at radius 3 is 2.93 bits per heavy atom. The number of aromatic nitrogens is 2. The van der Waals surface area contributed by atoms with Crippen LogP contribution in [0.2, 0.25) is 0 Å². The maximum absolute atomic E-state index is 8.90. The summed E-state index contributed by atoms with van der Waals surface area (Å²) in [5.41, 5.74) is 0.0750. The summed E-state index contributed by atoms with van der Waals surface area (Å²) >= 11 is 3.38. The summed E-state index contributed by atoms with van der Waals surface area (Å²) in [6.07, 6.45) is 6.21. The molecule has 1 aliphatic carbocycles. The highest BCUT2D eigenvalue weighted by molar-refractivity contribution is 9.10. The average Bonchev–Trinajstić information content (AvgIpc) is 2.90. The van der Waals surface area contributed by atoms with Crippen LogP contribution < -0.4 is 5.32 Å². The number of aliphatic hydroxyl groups is 1. The monoisotopic (exact) mass is 257 g/mol. The number of hydrogen-bond donors (Lipinski definition) is 2. The first-order valence-corrected chi connectivity index (χ1v) is 5.40. The zero-order valence-electron chi connectivity index (χ0n) is 7.70. The Kier molecular flexibility index (Phi) is 2.69. The molecular formula is C9H12BrN3O. The van der Waals surface area contributed by atoms with Gasteiger partial charge in [-0.1, -0.05) is 0 Å². The van der Waals surface area contributed by atoms with E-state index in [0.717, 1.165) is 29.6 Å². The highest BCUT2D eigenvalue weighted by atomic mass is 79.9. The molecule has 1 saturated carbocycles. The standard InChI is InChI=1S/C9H12BrN3O/c10-7-5-11-6-12-8(7)13-9(1-2-9)3-4-14/h5-6,14H,1-4H2,(H,11,12,13). The third-order valence-corrected chi connectivity index (χ3v) is 3.08. The van der Waals surface area contributed by atoms with Gasteiger partial charge in [0.25, 0.3) is 0 Å². The maximum atomic E-state index is 8.90. The molecule has 0 amide bonds. The van der Waals surface area contributed by atoms with Crippen LogP contribution in [0.1, 0.15) is 19.3 Å². The molecule has 1 aliphatic rings. The number of nitrogens with zero attached hydrogens (tertiary/aromatic N) is 2. The van der Waals surface area contributed by atoms with Gasteiger partial charge in [-0.25, -0.2) is 9.97 Å². The number of nitrogens with one attached hydrogen (secondary N) is 1. The van der Waals surface area contributed by atoms with Crippen LogP contribution in [0.15, 0.2) is 17.0 Å². The van der Waals surface area contributed by atoms with E-state index in [4.69, 9.17) is 5.11 Å². The molecule has 0 spiro atoms. The molecule has 0 bridgehead atoms. The van der Waals surface area contributed by atoms with E-state index in [2.05, 4.69) is 31.2 Å². The zero-order chi connectivity index (χ0) is 10.0. The summed E-state index contributed by atoms with van der Waals surface area (Å²) in [6, 6.07) is 0. The van der Waals surface area contributed by atoms with Crippen molar-refractivity contribution in [3.63, 3.8) is 0 Å². The van der Waals surface area contributed by atoms with Gasteiger partial charge in [0, 0.05) is 18.3 Å². The molecule has 1 aromatic heterocycles. The fourth-order valence-electron chi connectivity index (χ4n) is 1.46. The molecule has 0 saturated heterocycles. The van der Waals surface area contributed by atoms with Crippen molar-refractivity contribution in [1.29, 1.82) is 0 Å². The first kappa shape index (κ1) is 9.86. The smallest absolute Gasteiger partial charge is 0.144 e. The van der Waals surface area contributed by atoms with E-state index in [1.807, 2.05) is 0 Å². The molecule has 2 rings (SSSR count). The van der Waals surface area contributed by atoms with Crippen molar-refractivity contribution in [2.75, 3.05) is 11.9 Å². The second kappa shape index (κ2) is 3.82. The summed E-state index contributed by atoms with van der Waals surface area (Å²) < 4.78 is 0.865. The van der Waals surface area contributed by atoms with Crippen LogP contribution in [-0.4, -0.2) is 27.2 Å². The summed E-state index contributed by atoms with van der Waals surface area (Å²) in [7, 11) is 0. The Balaban J connectivity index is 2.07. The minimum atomic E-state index is 0.0750. The molecule has 5 heteroatoms. The van der Waals surface area contributed by atoms with Gasteiger partial charge in [-0.3, -0.25) is 0 Å². The molecule has 1 heterocycles. The number of anilines is 1. The molecule has 4 nitrogen and oxygen atoms in total. The van der Waals surface area contributed by atoms with E-state index in [1.54, 1.807) is 6.20 Å². The van der Waals surface area contributed by atoms with Crippen LogP contribution >= 0.6 is 15.9 Å². The number of halogens is 1. The van der Waals surface area contributed by atoms with Gasteiger partial charge in [-0.2, -0.15) is 0 Å². The predicted molar refractivity (Wildman–Crippen MR) is 57.0 cm³/mol. The first-order valence-electron chi connectivity index (χ1n) is 4.60. The minimum Gasteiger partial charge on any atom is -0.396 e. The van der Waals surface area contributed by atoms with Gasteiger partial charge < -0.3 is 10.4 Å². The third-order valence-electron chi connectivity index (χ3n) is 2.50. The number of hydrogen-bond acceptors (Lipinski definition) is 4. The van der Waals surface area contributed by atoms with Gasteiger partial charge in [0.15, 0.2) is 0 Å². The van der Waals surface area contributed by atoms with Crippen molar-refractivity contribution >= 4 is 21.7 Å². The SMILES string of the molecule is OCCC1(Nc2ncncc2Br)CC1. The van der Waals surface area contributed by atoms with Gasteiger partial charge in [-0.05, 0) is 35.2 Å². The largest absolute Gasteiger partial charge is 0.396 e. The predicted octanol–water partition coefficient (Wildman–Crippen LogP) is 1.57. The second-order valence-corrected chi connectivity index (χ2v) is 4.45. The minimum absolute atomic E-state index is 0.0750. The van der Waals surface area contributed by atoms with Crippen LogP contribution in [-0.2, 0) is 0 Å². The first-order chi connectivity index (χ1) is 6.76. The zero-order valence-corrected chi connectivity index (χ0v) is 9.29. The van der Waals surface area contributed by atoms with Crippen LogP contribution in [0, 0.1) is 0 Å². The van der Waals surface area contributed by atoms with E-state index in [9.17, 15) is 0 Å². The van der Waals surface area contributed by atoms with Gasteiger partial charge >= 0.3 is 0 Å². The fourth-order valence-corrected chi connectivity index (χ4v) is 1.78. The van der Waals surface area contributed by atoms with Crippen LogP contribution in [0.3, 0.4) is 0 Å². The van der Waals surface area contributed by atoms with E-state index in [0.29, 0.717) is 0 Å². The lowest BCUT2D eigenvalue weighted by molar-refractivity contribution is 0.276. The maximum Gasteiger partial charge on any atom is 0.144 e. The summed E-state index contributed by atoms with van der Waals surface area (Å²) in [5.74, 6) is 0.811. The van der Waals surface area contributed by atoms with Crippen molar-refractivity contribution in [3.05, 3.63) is 17.0 Å².